The molecule has 2 N–H and O–H groups in total. The van der Waals surface area contributed by atoms with Crippen LogP contribution in [0.25, 0.3) is 0 Å². The fourth-order valence-corrected chi connectivity index (χ4v) is 4.32. The molecule has 0 saturated carbocycles. The van der Waals surface area contributed by atoms with Crippen LogP contribution < -0.4 is 20.1 Å². The summed E-state index contributed by atoms with van der Waals surface area (Å²) in [4.78, 5) is 27.8. The third-order valence-electron chi connectivity index (χ3n) is 6.13. The SMILES string of the molecule is CCN(CC(Cc1ccc(OC)cc1)NC(=O)OC(C)(C)C)C[C@@H](Cc1ccc(OC)cc1)NC(=O)OC(C)(C)C. The molecule has 0 bridgehead atoms. The maximum atomic E-state index is 12.8. The van der Waals surface area contributed by atoms with Gasteiger partial charge in [0.2, 0.25) is 0 Å². The summed E-state index contributed by atoms with van der Waals surface area (Å²) in [5.41, 5.74) is 0.897. The van der Waals surface area contributed by atoms with Gasteiger partial charge in [-0.05, 0) is 96.3 Å². The van der Waals surface area contributed by atoms with Crippen LogP contribution in [0.1, 0.15) is 59.6 Å². The molecule has 1 unspecified atom stereocenters. The van der Waals surface area contributed by atoms with E-state index >= 15 is 0 Å². The van der Waals surface area contributed by atoms with Gasteiger partial charge in [0.05, 0.1) is 14.2 Å². The number of rotatable bonds is 13. The van der Waals surface area contributed by atoms with E-state index in [0.717, 1.165) is 22.6 Å². The van der Waals surface area contributed by atoms with Crippen molar-refractivity contribution in [2.75, 3.05) is 33.9 Å². The Balaban J connectivity index is 2.23. The number of likely N-dealkylation sites (N-methyl/N-ethyl adjacent to an activating group) is 1. The highest BCUT2D eigenvalue weighted by Crippen LogP contribution is 2.16. The lowest BCUT2D eigenvalue weighted by atomic mass is 10.0. The van der Waals surface area contributed by atoms with Gasteiger partial charge in [-0.15, -0.1) is 0 Å². The number of ether oxygens (including phenoxy) is 4. The number of alkyl carbamates (subject to hydrolysis) is 2. The summed E-state index contributed by atoms with van der Waals surface area (Å²) in [6.45, 7) is 14.9. The van der Waals surface area contributed by atoms with Crippen LogP contribution in [0.15, 0.2) is 48.5 Å². The Labute approximate surface area is 245 Å². The summed E-state index contributed by atoms with van der Waals surface area (Å²) in [7, 11) is 3.27. The van der Waals surface area contributed by atoms with Crippen molar-refractivity contribution in [3.05, 3.63) is 59.7 Å². The topological polar surface area (TPSA) is 98.4 Å². The van der Waals surface area contributed by atoms with Gasteiger partial charge in [-0.25, -0.2) is 9.59 Å². The Kier molecular flexibility index (Phi) is 12.8. The lowest BCUT2D eigenvalue weighted by Gasteiger charge is -2.32. The van der Waals surface area contributed by atoms with E-state index in [1.807, 2.05) is 90.1 Å². The largest absolute Gasteiger partial charge is 0.497 e. The summed E-state index contributed by atoms with van der Waals surface area (Å²) in [5.74, 6) is 1.55. The van der Waals surface area contributed by atoms with E-state index in [-0.39, 0.29) is 12.1 Å². The number of carbonyl (C=O) groups excluding carboxylic acids is 2. The highest BCUT2D eigenvalue weighted by atomic mass is 16.6. The molecular weight excluding hydrogens is 522 g/mol. The van der Waals surface area contributed by atoms with Gasteiger partial charge in [-0.3, -0.25) is 4.90 Å². The van der Waals surface area contributed by atoms with Crippen molar-refractivity contribution < 1.29 is 28.5 Å². The number of hydrogen-bond acceptors (Lipinski definition) is 7. The number of nitrogens with one attached hydrogen (secondary N) is 2. The minimum absolute atomic E-state index is 0.235. The summed E-state index contributed by atoms with van der Waals surface area (Å²) >= 11 is 0. The van der Waals surface area contributed by atoms with Crippen LogP contribution in [0.3, 0.4) is 0 Å². The molecule has 0 aromatic heterocycles. The van der Waals surface area contributed by atoms with Crippen LogP contribution in [0.5, 0.6) is 11.5 Å². The van der Waals surface area contributed by atoms with Gasteiger partial charge >= 0.3 is 12.2 Å². The van der Waals surface area contributed by atoms with E-state index in [4.69, 9.17) is 18.9 Å². The van der Waals surface area contributed by atoms with Crippen molar-refractivity contribution >= 4 is 12.2 Å². The molecule has 2 aromatic carbocycles. The molecule has 0 fully saturated rings. The van der Waals surface area contributed by atoms with Crippen molar-refractivity contribution in [3.63, 3.8) is 0 Å². The molecule has 2 atom stereocenters. The molecule has 2 rings (SSSR count). The highest BCUT2D eigenvalue weighted by Gasteiger charge is 2.25. The van der Waals surface area contributed by atoms with Gasteiger partial charge in [0.15, 0.2) is 0 Å². The zero-order chi connectivity index (χ0) is 30.6. The molecule has 0 aliphatic rings. The summed E-state index contributed by atoms with van der Waals surface area (Å²) in [6.07, 6.45) is 0.271. The standard InChI is InChI=1S/C32H49N3O6/c1-10-35(21-25(33-29(36)40-31(2,3)4)19-23-11-15-27(38-8)16-12-23)22-26(34-30(37)41-32(5,6)7)20-24-13-17-28(39-9)18-14-24/h11-18,25-26H,10,19-22H2,1-9H3,(H,33,36)(H,34,37)/t25-,26?/m1/s1. The molecule has 0 radical (unpaired) electrons. The molecule has 0 heterocycles. The maximum Gasteiger partial charge on any atom is 0.407 e. The number of amides is 2. The van der Waals surface area contributed by atoms with Crippen molar-refractivity contribution in [1.82, 2.24) is 15.5 Å². The van der Waals surface area contributed by atoms with Crippen molar-refractivity contribution in [3.8, 4) is 11.5 Å². The zero-order valence-corrected chi connectivity index (χ0v) is 26.2. The Bertz CT molecular complexity index is 989. The minimum atomic E-state index is -0.611. The van der Waals surface area contributed by atoms with Gasteiger partial charge in [0.25, 0.3) is 0 Å². The number of methoxy groups -OCH3 is 2. The van der Waals surface area contributed by atoms with Gasteiger partial charge in [-0.1, -0.05) is 31.2 Å². The molecule has 2 amide bonds. The maximum absolute atomic E-state index is 12.8. The highest BCUT2D eigenvalue weighted by molar-refractivity contribution is 5.68. The molecule has 0 aliphatic heterocycles. The van der Waals surface area contributed by atoms with Crippen molar-refractivity contribution in [1.29, 1.82) is 0 Å². The second kappa shape index (κ2) is 15.5. The third kappa shape index (κ3) is 13.6. The average molecular weight is 572 g/mol. The molecule has 41 heavy (non-hydrogen) atoms. The number of nitrogens with zero attached hydrogens (tertiary/aromatic N) is 1. The van der Waals surface area contributed by atoms with Crippen LogP contribution in [0.4, 0.5) is 9.59 Å². The van der Waals surface area contributed by atoms with E-state index in [0.29, 0.717) is 32.5 Å². The predicted molar refractivity (Wildman–Crippen MR) is 162 cm³/mol. The average Bonchev–Trinajstić information content (AvgIpc) is 2.86. The van der Waals surface area contributed by atoms with E-state index in [1.54, 1.807) is 14.2 Å². The number of benzene rings is 2. The first-order valence-corrected chi connectivity index (χ1v) is 14.2. The van der Waals surface area contributed by atoms with Crippen molar-refractivity contribution in [2.24, 2.45) is 0 Å². The van der Waals surface area contributed by atoms with Crippen LogP contribution in [0, 0.1) is 0 Å². The lowest BCUT2D eigenvalue weighted by molar-refractivity contribution is 0.0483. The number of carbonyl (C=O) groups is 2. The molecule has 228 valence electrons. The minimum Gasteiger partial charge on any atom is -0.497 e. The van der Waals surface area contributed by atoms with E-state index in [1.165, 1.54) is 0 Å². The van der Waals surface area contributed by atoms with E-state index < -0.39 is 23.4 Å². The first-order chi connectivity index (χ1) is 19.2. The van der Waals surface area contributed by atoms with Crippen LogP contribution in [0.2, 0.25) is 0 Å². The van der Waals surface area contributed by atoms with E-state index in [9.17, 15) is 9.59 Å². The second-order valence-corrected chi connectivity index (χ2v) is 12.1. The summed E-state index contributed by atoms with van der Waals surface area (Å²) < 4.78 is 21.7. The summed E-state index contributed by atoms with van der Waals surface area (Å²) in [5, 5.41) is 6.13. The quantitative estimate of drug-likeness (QED) is 0.323. The first-order valence-electron chi connectivity index (χ1n) is 14.2. The second-order valence-electron chi connectivity index (χ2n) is 12.1. The normalized spacial score (nSPS) is 13.2. The van der Waals surface area contributed by atoms with Gasteiger partial charge < -0.3 is 29.6 Å². The Morgan fingerprint density at radius 2 is 1.02 bits per heavy atom. The Hall–Kier alpha value is -3.46. The predicted octanol–water partition coefficient (Wildman–Crippen LogP) is 5.60. The summed E-state index contributed by atoms with van der Waals surface area (Å²) in [6, 6.07) is 15.2. The van der Waals surface area contributed by atoms with Crippen LogP contribution in [-0.4, -0.2) is 74.2 Å². The molecule has 9 nitrogen and oxygen atoms in total. The lowest BCUT2D eigenvalue weighted by Crippen LogP contribution is -2.51. The zero-order valence-electron chi connectivity index (χ0n) is 26.2. The van der Waals surface area contributed by atoms with Crippen molar-refractivity contribution in [2.45, 2.75) is 84.6 Å². The van der Waals surface area contributed by atoms with Crippen LogP contribution >= 0.6 is 0 Å². The number of hydrogen-bond donors (Lipinski definition) is 2. The molecule has 0 aliphatic carbocycles. The smallest absolute Gasteiger partial charge is 0.407 e. The fraction of sp³-hybridized carbons (Fsp3) is 0.562. The Morgan fingerprint density at radius 1 is 0.683 bits per heavy atom. The monoisotopic (exact) mass is 571 g/mol. The molecular formula is C32H49N3O6. The van der Waals surface area contributed by atoms with E-state index in [2.05, 4.69) is 22.5 Å². The molecule has 2 aromatic rings. The fourth-order valence-electron chi connectivity index (χ4n) is 4.32. The third-order valence-corrected chi connectivity index (χ3v) is 6.13. The molecule has 9 heteroatoms. The Morgan fingerprint density at radius 3 is 1.29 bits per heavy atom. The van der Waals surface area contributed by atoms with Gasteiger partial charge in [0, 0.05) is 25.2 Å². The van der Waals surface area contributed by atoms with Crippen LogP contribution in [-0.2, 0) is 22.3 Å². The molecule has 0 spiro atoms. The first kappa shape index (κ1) is 33.7. The van der Waals surface area contributed by atoms with Gasteiger partial charge in [0.1, 0.15) is 22.7 Å². The molecule has 0 saturated heterocycles. The van der Waals surface area contributed by atoms with Gasteiger partial charge in [-0.2, -0.15) is 0 Å².